The van der Waals surface area contributed by atoms with Gasteiger partial charge in [0.15, 0.2) is 0 Å². The molecule has 1 spiro atoms. The minimum atomic E-state index is -0.673. The zero-order valence-electron chi connectivity index (χ0n) is 40.1. The molecule has 15 rings (SSSR count). The van der Waals surface area contributed by atoms with E-state index in [1.807, 2.05) is 0 Å². The van der Waals surface area contributed by atoms with Crippen LogP contribution < -0.4 is 0 Å². The van der Waals surface area contributed by atoms with Crippen LogP contribution in [-0.2, 0) is 5.41 Å². The van der Waals surface area contributed by atoms with Crippen LogP contribution in [0.15, 0.2) is 279 Å². The van der Waals surface area contributed by atoms with Crippen molar-refractivity contribution in [1.82, 2.24) is 0 Å². The van der Waals surface area contributed by atoms with Gasteiger partial charge in [0.1, 0.15) is 0 Å². The second-order valence-electron chi connectivity index (χ2n) is 19.9. The number of hydrogen-bond acceptors (Lipinski definition) is 0. The number of hydrogen-bond donors (Lipinski definition) is 0. The van der Waals surface area contributed by atoms with Gasteiger partial charge in [0.2, 0.25) is 0 Å². The highest BCUT2D eigenvalue weighted by molar-refractivity contribution is 6.26. The molecule has 0 radical (unpaired) electrons. The fraction of sp³-hybridized carbons (Fsp3) is 0.0137. The topological polar surface area (TPSA) is 0 Å². The summed E-state index contributed by atoms with van der Waals surface area (Å²) in [6.45, 7) is 0. The maximum absolute atomic E-state index is 2.56. The zero-order chi connectivity index (χ0) is 48.0. The highest BCUT2D eigenvalue weighted by atomic mass is 14.5. The van der Waals surface area contributed by atoms with Crippen LogP contribution in [0.2, 0.25) is 0 Å². The molecule has 0 saturated carbocycles. The maximum Gasteiger partial charge on any atom is 0.0732 e. The minimum Gasteiger partial charge on any atom is -0.0622 e. The maximum atomic E-state index is 2.56. The average Bonchev–Trinajstić information content (AvgIpc) is 4.00. The summed E-state index contributed by atoms with van der Waals surface area (Å²) in [4.78, 5) is 0. The molecule has 0 fully saturated rings. The van der Waals surface area contributed by atoms with Gasteiger partial charge >= 0.3 is 0 Å². The van der Waals surface area contributed by atoms with Gasteiger partial charge in [0, 0.05) is 0 Å². The van der Waals surface area contributed by atoms with E-state index in [0.29, 0.717) is 0 Å². The van der Waals surface area contributed by atoms with E-state index in [2.05, 4.69) is 279 Å². The summed E-state index contributed by atoms with van der Waals surface area (Å²) < 4.78 is 0. The van der Waals surface area contributed by atoms with Gasteiger partial charge in [-0.05, 0) is 192 Å². The van der Waals surface area contributed by atoms with E-state index in [1.54, 1.807) is 0 Å². The molecule has 338 valence electrons. The molecule has 0 amide bonds. The molecule has 2 aliphatic carbocycles. The molecule has 0 nitrogen and oxygen atoms in total. The summed E-state index contributed by atoms with van der Waals surface area (Å²) in [6.07, 6.45) is 0. The Morgan fingerprint density at radius 2 is 0.603 bits per heavy atom. The third-order valence-electron chi connectivity index (χ3n) is 16.0. The second-order valence-corrected chi connectivity index (χ2v) is 19.9. The van der Waals surface area contributed by atoms with Gasteiger partial charge < -0.3 is 0 Å². The summed E-state index contributed by atoms with van der Waals surface area (Å²) in [5.41, 5.74) is 24.3. The van der Waals surface area contributed by atoms with Gasteiger partial charge in [-0.2, -0.15) is 0 Å². The number of benzene rings is 13. The Morgan fingerprint density at radius 1 is 0.205 bits per heavy atom. The van der Waals surface area contributed by atoms with E-state index in [4.69, 9.17) is 0 Å². The molecule has 73 heavy (non-hydrogen) atoms. The van der Waals surface area contributed by atoms with Crippen LogP contribution in [0.4, 0.5) is 0 Å². The molecule has 13 aromatic rings. The van der Waals surface area contributed by atoms with Crippen molar-refractivity contribution < 1.29 is 0 Å². The van der Waals surface area contributed by atoms with E-state index in [0.717, 1.165) is 0 Å². The Balaban J connectivity index is 1.06. The lowest BCUT2D eigenvalue weighted by Crippen LogP contribution is -2.26. The van der Waals surface area contributed by atoms with Crippen LogP contribution in [-0.4, -0.2) is 0 Å². The Hall–Kier alpha value is -9.36. The molecular weight excluding hydrogens is 877 g/mol. The molecule has 2 aliphatic rings. The second kappa shape index (κ2) is 16.4. The molecule has 0 saturated heterocycles. The van der Waals surface area contributed by atoms with Crippen molar-refractivity contribution >= 4 is 32.3 Å². The van der Waals surface area contributed by atoms with E-state index < -0.39 is 5.41 Å². The fourth-order valence-corrected chi connectivity index (χ4v) is 12.8. The highest BCUT2D eigenvalue weighted by Crippen LogP contribution is 2.66. The van der Waals surface area contributed by atoms with Gasteiger partial charge in [-0.25, -0.2) is 0 Å². The molecule has 0 atom stereocenters. The predicted octanol–water partition coefficient (Wildman–Crippen LogP) is 19.5. The number of fused-ring (bicyclic) bond motifs is 17. The third-order valence-corrected chi connectivity index (χ3v) is 16.0. The molecule has 0 aliphatic heterocycles. The first-order chi connectivity index (χ1) is 36.2. The lowest BCUT2D eigenvalue weighted by Gasteiger charge is -2.33. The zero-order valence-corrected chi connectivity index (χ0v) is 40.1. The summed E-state index contributed by atoms with van der Waals surface area (Å²) in [7, 11) is 0. The normalized spacial score (nSPS) is 12.8. The van der Waals surface area contributed by atoms with Crippen molar-refractivity contribution in [2.24, 2.45) is 0 Å². The lowest BCUT2D eigenvalue weighted by atomic mass is 9.68. The van der Waals surface area contributed by atoms with E-state index in [1.165, 1.54) is 144 Å². The van der Waals surface area contributed by atoms with Crippen molar-refractivity contribution in [3.05, 3.63) is 301 Å². The van der Waals surface area contributed by atoms with Crippen LogP contribution in [0.5, 0.6) is 0 Å². The van der Waals surface area contributed by atoms with E-state index in [9.17, 15) is 0 Å². The van der Waals surface area contributed by atoms with Gasteiger partial charge in [0.25, 0.3) is 0 Å². The van der Waals surface area contributed by atoms with Crippen molar-refractivity contribution in [2.45, 2.75) is 5.41 Å². The Kier molecular flexibility index (Phi) is 9.28. The van der Waals surface area contributed by atoms with Gasteiger partial charge in [-0.15, -0.1) is 0 Å². The number of rotatable bonds is 6. The van der Waals surface area contributed by atoms with Crippen molar-refractivity contribution in [3.8, 4) is 89.0 Å². The highest BCUT2D eigenvalue weighted by Gasteiger charge is 2.53. The monoisotopic (exact) mass is 922 g/mol. The summed E-state index contributed by atoms with van der Waals surface area (Å²) in [5.74, 6) is 0. The Labute approximate surface area is 425 Å². The minimum absolute atomic E-state index is 0.673. The Bertz CT molecular complexity index is 4050. The molecule has 0 aromatic heterocycles. The molecule has 0 heteroatoms. The van der Waals surface area contributed by atoms with E-state index in [-0.39, 0.29) is 0 Å². The van der Waals surface area contributed by atoms with Crippen molar-refractivity contribution in [1.29, 1.82) is 0 Å². The molecule has 0 heterocycles. The van der Waals surface area contributed by atoms with Crippen LogP contribution in [0.25, 0.3) is 121 Å². The van der Waals surface area contributed by atoms with Crippen molar-refractivity contribution in [2.75, 3.05) is 0 Å². The predicted molar refractivity (Wildman–Crippen MR) is 308 cm³/mol. The molecule has 13 aromatic carbocycles. The Morgan fingerprint density at radius 3 is 1.10 bits per heavy atom. The summed E-state index contributed by atoms with van der Waals surface area (Å²) in [5, 5.41) is 7.71. The molecule has 0 N–H and O–H groups in total. The smallest absolute Gasteiger partial charge is 0.0622 e. The first-order valence-electron chi connectivity index (χ1n) is 25.5. The first kappa shape index (κ1) is 41.4. The SMILES string of the molecule is c1ccc(-c2cc(-c3ccccc3)cc(-c3ccc4c(c3)C3(c5cc(-c6cc(-c7ccccc7)cc(-c7ccccc7)c6)ccc5-4)c4ccccc4-c4c3c3c5ccccc5ccc3c3ccccc43)c2)cc1. The van der Waals surface area contributed by atoms with Gasteiger partial charge in [-0.1, -0.05) is 231 Å². The van der Waals surface area contributed by atoms with E-state index >= 15 is 0 Å². The van der Waals surface area contributed by atoms with Crippen LogP contribution in [0.3, 0.4) is 0 Å². The quantitative estimate of drug-likeness (QED) is 0.146. The third kappa shape index (κ3) is 6.34. The summed E-state index contributed by atoms with van der Waals surface area (Å²) >= 11 is 0. The first-order valence-corrected chi connectivity index (χ1v) is 25.5. The average molecular weight is 923 g/mol. The summed E-state index contributed by atoms with van der Waals surface area (Å²) in [6, 6.07) is 105. The van der Waals surface area contributed by atoms with Crippen LogP contribution >= 0.6 is 0 Å². The molecule has 0 unspecified atom stereocenters. The fourth-order valence-electron chi connectivity index (χ4n) is 12.8. The van der Waals surface area contributed by atoms with Crippen molar-refractivity contribution in [3.63, 3.8) is 0 Å². The lowest BCUT2D eigenvalue weighted by molar-refractivity contribution is 0.803. The molecule has 0 bridgehead atoms. The largest absolute Gasteiger partial charge is 0.0732 e. The van der Waals surface area contributed by atoms with Gasteiger partial charge in [-0.3, -0.25) is 0 Å². The standard InChI is InChI=1S/C73H46/c1-5-19-47(20-6-1)54-39-55(48-21-7-2-8-22-48)42-58(41-54)52-34-36-62-63-37-35-53(59-43-56(49-23-9-3-10-24-49)40-57(44-59)50-25-11-4-12-26-50)46-69(63)73(68(62)45-52)67-32-18-17-31-66(67)71-64-30-16-15-29-61(64)65-38-33-51-27-13-14-28-60(51)70(65)72(71)73/h1-46H. The van der Waals surface area contributed by atoms with Crippen LogP contribution in [0.1, 0.15) is 22.3 Å². The van der Waals surface area contributed by atoms with Crippen LogP contribution in [0, 0.1) is 0 Å². The van der Waals surface area contributed by atoms with Gasteiger partial charge in [0.05, 0.1) is 5.41 Å². The molecular formula is C73H46.